The van der Waals surface area contributed by atoms with E-state index in [0.717, 1.165) is 84.7 Å². The number of nitrogens with zero attached hydrogens (tertiary/aromatic N) is 4. The van der Waals surface area contributed by atoms with Gasteiger partial charge in [0.25, 0.3) is 0 Å². The summed E-state index contributed by atoms with van der Waals surface area (Å²) in [6.07, 6.45) is 10.0. The third-order valence-corrected chi connectivity index (χ3v) is 19.8. The minimum absolute atomic E-state index is 0.0433. The van der Waals surface area contributed by atoms with E-state index in [9.17, 15) is 9.90 Å². The van der Waals surface area contributed by atoms with E-state index in [-0.39, 0.29) is 12.3 Å². The van der Waals surface area contributed by atoms with E-state index in [0.29, 0.717) is 12.3 Å². The number of aliphatic carboxylic acids is 1. The average Bonchev–Trinajstić information content (AvgIpc) is 3.51. The first-order valence-electron chi connectivity index (χ1n) is 13.9. The molecule has 0 fully saturated rings. The van der Waals surface area contributed by atoms with E-state index in [1.54, 1.807) is 0 Å². The van der Waals surface area contributed by atoms with Crippen molar-refractivity contribution < 1.29 is 9.90 Å². The number of carboxylic acid groups (broad SMARTS) is 1. The zero-order chi connectivity index (χ0) is 28.8. The molecule has 6 nitrogen and oxygen atoms in total. The molecule has 0 amide bonds. The predicted molar refractivity (Wildman–Crippen MR) is 168 cm³/mol. The zero-order valence-corrected chi connectivity index (χ0v) is 28.4. The molecule has 2 unspecified atom stereocenters. The van der Waals surface area contributed by atoms with Gasteiger partial charge in [0.05, 0.1) is 0 Å². The van der Waals surface area contributed by atoms with E-state index in [2.05, 4.69) is 71.4 Å². The standard InChI is InChI=1S/C31H35N4O2.2ClH.Sn/c1-8-21-19(6)27-11-23-15(2)16(3)24(32-23)12-28-20(7)22(9-10-31(36)37)30(35-28)14-26-18(5)17(4)25(33-26)13-29(21)34-27;;;/h11-14,19,21H,8-10H2,1-7H3,(H2-,32,33,34,35,36,37);2*1H;/q-1;;;+4/p-3. The number of aliphatic imine (C=N–C) groups is 2. The van der Waals surface area contributed by atoms with Gasteiger partial charge in [0.1, 0.15) is 0 Å². The SMILES string of the molecule is CCC1C2=Cc3c(C)c(C)c4[n]3[Sn]([Cl])([Cl])[n]3c(c(C)c(C)c3=CC(=N2)C1C)=CC1=NC(=C4)C(CCC(=O)O)=C1C. The van der Waals surface area contributed by atoms with Crippen LogP contribution in [0.1, 0.15) is 73.7 Å². The summed E-state index contributed by atoms with van der Waals surface area (Å²) in [5.74, 6) is -0.229. The van der Waals surface area contributed by atoms with Gasteiger partial charge in [-0.25, -0.2) is 0 Å². The van der Waals surface area contributed by atoms with Crippen LogP contribution in [0.5, 0.6) is 0 Å². The Morgan fingerprint density at radius 3 is 2.17 bits per heavy atom. The van der Waals surface area contributed by atoms with Crippen LogP contribution >= 0.6 is 17.8 Å². The van der Waals surface area contributed by atoms with Crippen LogP contribution in [0.3, 0.4) is 0 Å². The van der Waals surface area contributed by atoms with Gasteiger partial charge in [-0.15, -0.1) is 0 Å². The fourth-order valence-corrected chi connectivity index (χ4v) is 18.1. The normalized spacial score (nSPS) is 22.2. The second-order valence-corrected chi connectivity index (χ2v) is 25.3. The van der Waals surface area contributed by atoms with Gasteiger partial charge in [0.15, 0.2) is 0 Å². The van der Waals surface area contributed by atoms with Gasteiger partial charge in [-0.1, -0.05) is 0 Å². The number of carboxylic acids is 1. The van der Waals surface area contributed by atoms with E-state index < -0.39 is 22.6 Å². The van der Waals surface area contributed by atoms with Crippen molar-refractivity contribution in [3.8, 4) is 0 Å². The van der Waals surface area contributed by atoms with Crippen LogP contribution in [0.15, 0.2) is 32.5 Å². The van der Waals surface area contributed by atoms with Crippen LogP contribution in [-0.2, 0) is 4.79 Å². The van der Waals surface area contributed by atoms with Gasteiger partial charge in [0.2, 0.25) is 0 Å². The maximum absolute atomic E-state index is 11.5. The number of allylic oxidation sites excluding steroid dienone is 3. The Morgan fingerprint density at radius 1 is 0.925 bits per heavy atom. The predicted octanol–water partition coefficient (Wildman–Crippen LogP) is 5.86. The van der Waals surface area contributed by atoms with Crippen LogP contribution in [0.2, 0.25) is 0 Å². The molecule has 0 radical (unpaired) electrons. The third-order valence-electron chi connectivity index (χ3n) is 9.40. The van der Waals surface area contributed by atoms with Gasteiger partial charge in [0, 0.05) is 0 Å². The summed E-state index contributed by atoms with van der Waals surface area (Å²) in [4.78, 5) is 21.8. The molecule has 0 aliphatic carbocycles. The molecule has 2 aromatic rings. The minimum atomic E-state index is -4.51. The Morgan fingerprint density at radius 2 is 1.55 bits per heavy atom. The molecule has 6 bridgehead atoms. The van der Waals surface area contributed by atoms with Crippen LogP contribution in [-0.4, -0.2) is 44.7 Å². The van der Waals surface area contributed by atoms with Crippen molar-refractivity contribution >= 4 is 76.2 Å². The van der Waals surface area contributed by atoms with Gasteiger partial charge < -0.3 is 0 Å². The first-order valence-corrected chi connectivity index (χ1v) is 23.7. The molecule has 2 atom stereocenters. The van der Waals surface area contributed by atoms with Gasteiger partial charge >= 0.3 is 248 Å². The average molecular weight is 684 g/mol. The van der Waals surface area contributed by atoms with Gasteiger partial charge in [-0.3, -0.25) is 0 Å². The van der Waals surface area contributed by atoms with Crippen molar-refractivity contribution in [2.45, 2.75) is 67.7 Å². The summed E-state index contributed by atoms with van der Waals surface area (Å²) in [6.45, 7) is 15.0. The number of carbonyl (C=O) groups is 1. The van der Waals surface area contributed by atoms with Crippen LogP contribution in [0.4, 0.5) is 0 Å². The van der Waals surface area contributed by atoms with E-state index >= 15 is 0 Å². The first kappa shape index (κ1) is 27.9. The van der Waals surface area contributed by atoms with Crippen LogP contribution < -0.4 is 10.7 Å². The monoisotopic (exact) mass is 684 g/mol. The molecule has 4 aliphatic heterocycles. The number of fused-ring (bicyclic) bond motifs is 2. The number of hydrogen-bond acceptors (Lipinski definition) is 3. The molecule has 0 spiro atoms. The van der Waals surface area contributed by atoms with Gasteiger partial charge in [-0.05, 0) is 0 Å². The number of aromatic nitrogens is 2. The Balaban J connectivity index is 1.83. The molecule has 4 aliphatic rings. The fourth-order valence-electron chi connectivity index (χ4n) is 6.71. The Labute approximate surface area is 246 Å². The number of rotatable bonds is 4. The Kier molecular flexibility index (Phi) is 6.71. The molecule has 2 aromatic heterocycles. The molecule has 0 saturated heterocycles. The second kappa shape index (κ2) is 9.63. The molecule has 6 rings (SSSR count). The molecule has 6 heterocycles. The Hall–Kier alpha value is -2.29. The summed E-state index contributed by atoms with van der Waals surface area (Å²) < 4.78 is 4.45. The number of halogens is 2. The maximum atomic E-state index is 11.5. The number of hydrogen-bond donors (Lipinski definition) is 1. The topological polar surface area (TPSA) is 71.9 Å². The third kappa shape index (κ3) is 3.92. The summed E-state index contributed by atoms with van der Waals surface area (Å²) in [7, 11) is 15.6. The van der Waals surface area contributed by atoms with Crippen LogP contribution in [0.25, 0.3) is 24.3 Å². The van der Waals surface area contributed by atoms with Gasteiger partial charge in [-0.2, -0.15) is 0 Å². The molecule has 0 aromatic carbocycles. The van der Waals surface area contributed by atoms with E-state index in [1.165, 1.54) is 0 Å². The summed E-state index contributed by atoms with van der Waals surface area (Å²) >= 11 is -4.51. The van der Waals surface area contributed by atoms with E-state index in [4.69, 9.17) is 27.8 Å². The summed E-state index contributed by atoms with van der Waals surface area (Å²) in [5.41, 5.74) is 12.1. The first-order chi connectivity index (χ1) is 18.9. The Bertz CT molecular complexity index is 1810. The van der Waals surface area contributed by atoms with Crippen molar-refractivity contribution in [2.75, 3.05) is 0 Å². The summed E-state index contributed by atoms with van der Waals surface area (Å²) in [5, 5.41) is 11.5. The molecule has 1 N–H and O–H groups in total. The van der Waals surface area contributed by atoms with Crippen molar-refractivity contribution in [1.29, 1.82) is 0 Å². The molecule has 40 heavy (non-hydrogen) atoms. The molecule has 0 saturated carbocycles. The van der Waals surface area contributed by atoms with Crippen molar-refractivity contribution in [1.82, 2.24) is 5.58 Å². The second-order valence-electron chi connectivity index (χ2n) is 11.4. The quantitative estimate of drug-likeness (QED) is 0.411. The van der Waals surface area contributed by atoms with E-state index in [1.807, 2.05) is 6.92 Å². The fraction of sp³-hybridized carbons (Fsp3) is 0.387. The zero-order valence-electron chi connectivity index (χ0n) is 24.0. The molecule has 208 valence electrons. The van der Waals surface area contributed by atoms with Crippen molar-refractivity contribution in [2.24, 2.45) is 21.8 Å². The molecular formula is C31H34Cl2N4O2Sn. The summed E-state index contributed by atoms with van der Waals surface area (Å²) in [6, 6.07) is 0. The molecular weight excluding hydrogens is 650 g/mol. The molecule has 9 heteroatoms. The van der Waals surface area contributed by atoms with Crippen molar-refractivity contribution in [3.63, 3.8) is 0 Å². The van der Waals surface area contributed by atoms with Crippen molar-refractivity contribution in [3.05, 3.63) is 66.9 Å². The van der Waals surface area contributed by atoms with Crippen LogP contribution in [0, 0.1) is 39.5 Å².